The number of piperidine rings is 1. The van der Waals surface area contributed by atoms with E-state index in [2.05, 4.69) is 17.1 Å². The first-order chi connectivity index (χ1) is 11.4. The first-order valence-corrected chi connectivity index (χ1v) is 8.30. The summed E-state index contributed by atoms with van der Waals surface area (Å²) in [5, 5.41) is 23.5. The molecule has 0 unspecified atom stereocenters. The van der Waals surface area contributed by atoms with Gasteiger partial charge in [-0.2, -0.15) is 0 Å². The summed E-state index contributed by atoms with van der Waals surface area (Å²) < 4.78 is 0. The molecule has 1 heterocycles. The van der Waals surface area contributed by atoms with Crippen molar-refractivity contribution in [3.8, 4) is 0 Å². The standard InChI is InChI=1S/C17H25N3O4/c1-12-5-7-19(8-6-12)11-15(21)10-18-17(22)16-4-3-14(20(23)24)9-13(16)2/h3-4,9,12,15,21H,5-8,10-11H2,1-2H3,(H,18,22)/t15-/m1/s1. The number of carbonyl (C=O) groups is 1. The fourth-order valence-electron chi connectivity index (χ4n) is 2.93. The lowest BCUT2D eigenvalue weighted by molar-refractivity contribution is -0.384. The predicted molar refractivity (Wildman–Crippen MR) is 91.0 cm³/mol. The fourth-order valence-corrected chi connectivity index (χ4v) is 2.93. The van der Waals surface area contributed by atoms with Gasteiger partial charge in [0, 0.05) is 30.8 Å². The predicted octanol–water partition coefficient (Wildman–Crippen LogP) is 1.73. The molecule has 0 radical (unpaired) electrons. The van der Waals surface area contributed by atoms with Gasteiger partial charge in [-0.25, -0.2) is 0 Å². The number of aliphatic hydroxyl groups is 1. The highest BCUT2D eigenvalue weighted by atomic mass is 16.6. The van der Waals surface area contributed by atoms with Gasteiger partial charge in [0.15, 0.2) is 0 Å². The van der Waals surface area contributed by atoms with E-state index in [4.69, 9.17) is 0 Å². The van der Waals surface area contributed by atoms with Crippen molar-refractivity contribution in [3.63, 3.8) is 0 Å². The van der Waals surface area contributed by atoms with E-state index in [9.17, 15) is 20.0 Å². The number of nitrogens with one attached hydrogen (secondary N) is 1. The average Bonchev–Trinajstić information content (AvgIpc) is 2.54. The molecule has 0 saturated carbocycles. The molecular weight excluding hydrogens is 310 g/mol. The highest BCUT2D eigenvalue weighted by molar-refractivity contribution is 5.95. The number of β-amino-alcohol motifs (C(OH)–C–C–N with tert-alkyl or cyclic N) is 1. The molecule has 1 atom stereocenters. The number of non-ortho nitro benzene ring substituents is 1. The number of rotatable bonds is 6. The minimum Gasteiger partial charge on any atom is -0.390 e. The number of benzene rings is 1. The highest BCUT2D eigenvalue weighted by Gasteiger charge is 2.19. The van der Waals surface area contributed by atoms with Gasteiger partial charge in [-0.05, 0) is 50.4 Å². The number of likely N-dealkylation sites (tertiary alicyclic amines) is 1. The first-order valence-electron chi connectivity index (χ1n) is 8.30. The Balaban J connectivity index is 1.83. The van der Waals surface area contributed by atoms with Crippen molar-refractivity contribution >= 4 is 11.6 Å². The summed E-state index contributed by atoms with van der Waals surface area (Å²) in [5.74, 6) is 0.414. The maximum absolute atomic E-state index is 12.2. The van der Waals surface area contributed by atoms with E-state index in [1.165, 1.54) is 18.2 Å². The van der Waals surface area contributed by atoms with E-state index in [-0.39, 0.29) is 18.1 Å². The van der Waals surface area contributed by atoms with Gasteiger partial charge in [-0.15, -0.1) is 0 Å². The maximum atomic E-state index is 12.2. The van der Waals surface area contributed by atoms with Crippen LogP contribution in [0.2, 0.25) is 0 Å². The smallest absolute Gasteiger partial charge is 0.269 e. The van der Waals surface area contributed by atoms with E-state index in [1.807, 2.05) is 0 Å². The van der Waals surface area contributed by atoms with Crippen molar-refractivity contribution in [1.82, 2.24) is 10.2 Å². The van der Waals surface area contributed by atoms with Crippen LogP contribution in [0.1, 0.15) is 35.7 Å². The van der Waals surface area contributed by atoms with Crippen LogP contribution in [0.4, 0.5) is 5.69 Å². The van der Waals surface area contributed by atoms with Crippen molar-refractivity contribution in [3.05, 3.63) is 39.4 Å². The van der Waals surface area contributed by atoms with Crippen LogP contribution in [0.3, 0.4) is 0 Å². The molecule has 0 aliphatic carbocycles. The highest BCUT2D eigenvalue weighted by Crippen LogP contribution is 2.17. The lowest BCUT2D eigenvalue weighted by Crippen LogP contribution is -2.43. The first kappa shape index (κ1) is 18.4. The molecule has 1 aromatic carbocycles. The molecule has 1 aliphatic heterocycles. The Bertz CT molecular complexity index is 597. The van der Waals surface area contributed by atoms with Gasteiger partial charge in [0.1, 0.15) is 0 Å². The van der Waals surface area contributed by atoms with Crippen molar-refractivity contribution in [2.24, 2.45) is 5.92 Å². The third-order valence-corrected chi connectivity index (χ3v) is 4.51. The second-order valence-electron chi connectivity index (χ2n) is 6.60. The molecule has 7 nitrogen and oxygen atoms in total. The molecule has 1 aliphatic rings. The monoisotopic (exact) mass is 335 g/mol. The number of aliphatic hydroxyl groups excluding tert-OH is 1. The van der Waals surface area contributed by atoms with Crippen LogP contribution < -0.4 is 5.32 Å². The molecule has 2 rings (SSSR count). The van der Waals surface area contributed by atoms with Gasteiger partial charge in [0.2, 0.25) is 0 Å². The van der Waals surface area contributed by atoms with Crippen LogP contribution in [0, 0.1) is 23.0 Å². The normalized spacial score (nSPS) is 17.5. The number of nitro groups is 1. The van der Waals surface area contributed by atoms with Gasteiger partial charge in [-0.3, -0.25) is 14.9 Å². The Hall–Kier alpha value is -1.99. The van der Waals surface area contributed by atoms with Crippen molar-refractivity contribution in [2.45, 2.75) is 32.8 Å². The lowest BCUT2D eigenvalue weighted by atomic mass is 9.99. The summed E-state index contributed by atoms with van der Waals surface area (Å²) >= 11 is 0. The van der Waals surface area contributed by atoms with Crippen LogP contribution in [0.5, 0.6) is 0 Å². The van der Waals surface area contributed by atoms with Gasteiger partial charge >= 0.3 is 0 Å². The SMILES string of the molecule is Cc1cc([N+](=O)[O-])ccc1C(=O)NC[C@@H](O)CN1CCC(C)CC1. The van der Waals surface area contributed by atoms with E-state index >= 15 is 0 Å². The zero-order chi connectivity index (χ0) is 17.7. The van der Waals surface area contributed by atoms with E-state index in [1.54, 1.807) is 6.92 Å². The molecule has 0 spiro atoms. The van der Waals surface area contributed by atoms with Crippen LogP contribution >= 0.6 is 0 Å². The number of aryl methyl sites for hydroxylation is 1. The third kappa shape index (κ3) is 5.01. The van der Waals surface area contributed by atoms with E-state index < -0.39 is 11.0 Å². The summed E-state index contributed by atoms with van der Waals surface area (Å²) in [7, 11) is 0. The Labute approximate surface area is 141 Å². The zero-order valence-electron chi connectivity index (χ0n) is 14.2. The van der Waals surface area contributed by atoms with Crippen LogP contribution in [0.15, 0.2) is 18.2 Å². The molecule has 2 N–H and O–H groups in total. The van der Waals surface area contributed by atoms with E-state index in [0.29, 0.717) is 17.7 Å². The molecule has 7 heteroatoms. The molecular formula is C17H25N3O4. The number of nitro benzene ring substituents is 1. The summed E-state index contributed by atoms with van der Waals surface area (Å²) in [5.41, 5.74) is 0.893. The average molecular weight is 335 g/mol. The minimum atomic E-state index is -0.624. The molecule has 1 aromatic rings. The van der Waals surface area contributed by atoms with Crippen molar-refractivity contribution in [1.29, 1.82) is 0 Å². The molecule has 0 aromatic heterocycles. The van der Waals surface area contributed by atoms with E-state index in [0.717, 1.165) is 31.8 Å². The fraction of sp³-hybridized carbons (Fsp3) is 0.588. The molecule has 1 amide bonds. The van der Waals surface area contributed by atoms with Gasteiger partial charge in [0.25, 0.3) is 11.6 Å². The molecule has 1 fully saturated rings. The van der Waals surface area contributed by atoms with Crippen LogP contribution in [-0.2, 0) is 0 Å². The Kier molecular flexibility index (Phi) is 6.28. The number of carbonyl (C=O) groups excluding carboxylic acids is 1. The van der Waals surface area contributed by atoms with Crippen molar-refractivity contribution in [2.75, 3.05) is 26.2 Å². The minimum absolute atomic E-state index is 0.0385. The third-order valence-electron chi connectivity index (χ3n) is 4.51. The van der Waals surface area contributed by atoms with Gasteiger partial charge in [0.05, 0.1) is 11.0 Å². The van der Waals surface area contributed by atoms with Crippen LogP contribution in [-0.4, -0.2) is 53.1 Å². The summed E-state index contributed by atoms with van der Waals surface area (Å²) in [6.07, 6.45) is 1.66. The second-order valence-corrected chi connectivity index (χ2v) is 6.60. The zero-order valence-corrected chi connectivity index (χ0v) is 14.2. The molecule has 0 bridgehead atoms. The number of hydrogen-bond acceptors (Lipinski definition) is 5. The quantitative estimate of drug-likeness (QED) is 0.610. The summed E-state index contributed by atoms with van der Waals surface area (Å²) in [4.78, 5) is 24.6. The van der Waals surface area contributed by atoms with Crippen LogP contribution in [0.25, 0.3) is 0 Å². The Morgan fingerprint density at radius 1 is 1.46 bits per heavy atom. The molecule has 132 valence electrons. The summed E-state index contributed by atoms with van der Waals surface area (Å²) in [6.45, 7) is 6.57. The van der Waals surface area contributed by atoms with Crippen molar-refractivity contribution < 1.29 is 14.8 Å². The van der Waals surface area contributed by atoms with Gasteiger partial charge in [-0.1, -0.05) is 6.92 Å². The number of hydrogen-bond donors (Lipinski definition) is 2. The Morgan fingerprint density at radius 2 is 2.12 bits per heavy atom. The number of amides is 1. The second kappa shape index (κ2) is 8.21. The molecule has 24 heavy (non-hydrogen) atoms. The number of nitrogens with zero attached hydrogens (tertiary/aromatic N) is 2. The Morgan fingerprint density at radius 3 is 2.71 bits per heavy atom. The topological polar surface area (TPSA) is 95.7 Å². The lowest BCUT2D eigenvalue weighted by Gasteiger charge is -2.31. The van der Waals surface area contributed by atoms with Gasteiger partial charge < -0.3 is 15.3 Å². The largest absolute Gasteiger partial charge is 0.390 e. The summed E-state index contributed by atoms with van der Waals surface area (Å²) in [6, 6.07) is 4.13. The maximum Gasteiger partial charge on any atom is 0.269 e. The molecule has 1 saturated heterocycles.